The molecule has 40 heavy (non-hydrogen) atoms. The number of hydrogen-bond donors (Lipinski definition) is 1. The topological polar surface area (TPSA) is 65.1 Å². The molecule has 1 fully saturated rings. The Hall–Kier alpha value is -4.07. The van der Waals surface area contributed by atoms with Crippen LogP contribution < -0.4 is 4.90 Å². The molecule has 3 heterocycles. The molecule has 1 aliphatic rings. The highest BCUT2D eigenvalue weighted by Gasteiger charge is 2.22. The molecule has 0 saturated carbocycles. The molecule has 0 spiro atoms. The Morgan fingerprint density at radius 2 is 1.50 bits per heavy atom. The summed E-state index contributed by atoms with van der Waals surface area (Å²) in [6.45, 7) is 7.21. The number of H-pyrrole nitrogens is 1. The lowest BCUT2D eigenvalue weighted by atomic mass is 10.1. The number of rotatable bonds is 9. The van der Waals surface area contributed by atoms with Crippen LogP contribution in [-0.4, -0.2) is 51.9 Å². The van der Waals surface area contributed by atoms with Crippen LogP contribution in [0.1, 0.15) is 43.5 Å². The Labute approximate surface area is 234 Å². The molecule has 0 unspecified atom stereocenters. The minimum atomic E-state index is -0.315. The lowest BCUT2D eigenvalue weighted by molar-refractivity contribution is -0.131. The van der Waals surface area contributed by atoms with Gasteiger partial charge in [0, 0.05) is 55.6 Å². The van der Waals surface area contributed by atoms with Gasteiger partial charge in [0.1, 0.15) is 23.3 Å². The summed E-state index contributed by atoms with van der Waals surface area (Å²) in [6.07, 6.45) is 5.65. The largest absolute Gasteiger partial charge is 0.353 e. The summed E-state index contributed by atoms with van der Waals surface area (Å²) < 4.78 is 27.0. The number of anilines is 1. The molecule has 1 amide bonds. The molecule has 0 radical (unpaired) electrons. The summed E-state index contributed by atoms with van der Waals surface area (Å²) >= 11 is 0. The van der Waals surface area contributed by atoms with Crippen LogP contribution >= 0.6 is 0 Å². The molecule has 0 aliphatic carbocycles. The molecule has 2 aromatic carbocycles. The van der Waals surface area contributed by atoms with Gasteiger partial charge < -0.3 is 14.8 Å². The number of aromatic amines is 1. The first-order chi connectivity index (χ1) is 19.4. The molecule has 208 valence electrons. The van der Waals surface area contributed by atoms with Crippen LogP contribution in [0.3, 0.4) is 0 Å². The van der Waals surface area contributed by atoms with Crippen LogP contribution in [0, 0.1) is 11.6 Å². The van der Waals surface area contributed by atoms with Gasteiger partial charge >= 0.3 is 0 Å². The molecule has 0 bridgehead atoms. The second-order valence-electron chi connectivity index (χ2n) is 10.2. The molecule has 4 aromatic rings. The fraction of sp³-hybridized carbons (Fsp3) is 0.344. The van der Waals surface area contributed by atoms with Crippen molar-refractivity contribution >= 4 is 11.7 Å². The third kappa shape index (κ3) is 6.22. The van der Waals surface area contributed by atoms with Gasteiger partial charge in [0.05, 0.1) is 5.69 Å². The van der Waals surface area contributed by atoms with Crippen molar-refractivity contribution in [3.8, 4) is 22.6 Å². The summed E-state index contributed by atoms with van der Waals surface area (Å²) in [5, 5.41) is 0. The number of piperazine rings is 1. The Morgan fingerprint density at radius 1 is 0.875 bits per heavy atom. The minimum Gasteiger partial charge on any atom is -0.353 e. The first-order valence-electron chi connectivity index (χ1n) is 14.1. The predicted octanol–water partition coefficient (Wildman–Crippen LogP) is 6.21. The minimum absolute atomic E-state index is 0.143. The molecule has 1 saturated heterocycles. The van der Waals surface area contributed by atoms with Gasteiger partial charge in [-0.05, 0) is 91.4 Å². The van der Waals surface area contributed by atoms with E-state index in [9.17, 15) is 13.6 Å². The van der Waals surface area contributed by atoms with Crippen molar-refractivity contribution in [3.63, 3.8) is 0 Å². The van der Waals surface area contributed by atoms with Crippen LogP contribution in [0.4, 0.5) is 14.6 Å². The van der Waals surface area contributed by atoms with Gasteiger partial charge in [-0.3, -0.25) is 4.79 Å². The van der Waals surface area contributed by atoms with Crippen molar-refractivity contribution < 1.29 is 13.6 Å². The van der Waals surface area contributed by atoms with Gasteiger partial charge in [-0.15, -0.1) is 0 Å². The number of halogens is 2. The van der Waals surface area contributed by atoms with E-state index in [1.165, 1.54) is 35.4 Å². The van der Waals surface area contributed by atoms with Crippen LogP contribution in [-0.2, 0) is 24.1 Å². The number of benzene rings is 2. The fourth-order valence-corrected chi connectivity index (χ4v) is 5.27. The second-order valence-corrected chi connectivity index (χ2v) is 10.2. The number of nitrogens with zero attached hydrogens (tertiary/aromatic N) is 4. The first kappa shape index (κ1) is 27.5. The molecule has 0 atom stereocenters. The maximum Gasteiger partial charge on any atom is 0.222 e. The van der Waals surface area contributed by atoms with E-state index in [1.807, 2.05) is 11.1 Å². The van der Waals surface area contributed by atoms with E-state index in [1.54, 1.807) is 24.3 Å². The maximum atomic E-state index is 13.6. The highest BCUT2D eigenvalue weighted by molar-refractivity contribution is 5.76. The van der Waals surface area contributed by atoms with Crippen LogP contribution in [0.15, 0.2) is 60.8 Å². The lowest BCUT2D eigenvalue weighted by Crippen LogP contribution is -2.49. The summed E-state index contributed by atoms with van der Waals surface area (Å²) in [4.78, 5) is 30.0. The molecule has 6 nitrogen and oxygen atoms in total. The molecular formula is C32H35F2N5O. The average molecular weight is 544 g/mol. The summed E-state index contributed by atoms with van der Waals surface area (Å²) in [5.41, 5.74) is 5.77. The number of aryl methyl sites for hydroxylation is 3. The smallest absolute Gasteiger partial charge is 0.222 e. The Kier molecular flexibility index (Phi) is 8.53. The lowest BCUT2D eigenvalue weighted by Gasteiger charge is -2.35. The van der Waals surface area contributed by atoms with Crippen molar-refractivity contribution in [2.75, 3.05) is 31.1 Å². The molecule has 8 heteroatoms. The van der Waals surface area contributed by atoms with E-state index in [0.29, 0.717) is 43.9 Å². The van der Waals surface area contributed by atoms with Crippen molar-refractivity contribution in [2.45, 2.75) is 46.0 Å². The first-order valence-corrected chi connectivity index (χ1v) is 14.1. The van der Waals surface area contributed by atoms with Crippen molar-refractivity contribution in [2.24, 2.45) is 0 Å². The standard InChI is InChI=1S/C32H35F2N5O/c1-3-22-20-29(35-21-23(22)4-2)38-16-18-39(19-17-38)30(40)7-5-6-28-31(24-8-12-26(33)13-9-24)37-32(36-28)25-10-14-27(34)15-11-25/h8-15,20-21H,3-7,16-19H2,1-2H3,(H,36,37). The van der Waals surface area contributed by atoms with Crippen molar-refractivity contribution in [3.05, 3.63) is 89.2 Å². The highest BCUT2D eigenvalue weighted by atomic mass is 19.1. The number of imidazole rings is 1. The zero-order valence-electron chi connectivity index (χ0n) is 23.1. The number of carbonyl (C=O) groups excluding carboxylic acids is 1. The SMILES string of the molecule is CCc1cnc(N2CCN(C(=O)CCCc3[nH]c(-c4ccc(F)cc4)nc3-c3ccc(F)cc3)CC2)cc1CC. The zero-order valence-corrected chi connectivity index (χ0v) is 23.1. The number of carbonyl (C=O) groups is 1. The third-order valence-electron chi connectivity index (χ3n) is 7.62. The quantitative estimate of drug-likeness (QED) is 0.273. The van der Waals surface area contributed by atoms with E-state index >= 15 is 0 Å². The number of hydrogen-bond acceptors (Lipinski definition) is 4. The highest BCUT2D eigenvalue weighted by Crippen LogP contribution is 2.28. The predicted molar refractivity (Wildman–Crippen MR) is 154 cm³/mol. The summed E-state index contributed by atoms with van der Waals surface area (Å²) in [7, 11) is 0. The molecule has 1 aliphatic heterocycles. The number of aromatic nitrogens is 3. The van der Waals surface area contributed by atoms with Crippen LogP contribution in [0.2, 0.25) is 0 Å². The van der Waals surface area contributed by atoms with E-state index < -0.39 is 0 Å². The fourth-order valence-electron chi connectivity index (χ4n) is 5.27. The van der Waals surface area contributed by atoms with E-state index in [0.717, 1.165) is 48.6 Å². The molecule has 1 N–H and O–H groups in total. The van der Waals surface area contributed by atoms with E-state index in [2.05, 4.69) is 34.8 Å². The van der Waals surface area contributed by atoms with E-state index in [-0.39, 0.29) is 17.5 Å². The van der Waals surface area contributed by atoms with Gasteiger partial charge in [0.15, 0.2) is 0 Å². The van der Waals surface area contributed by atoms with Gasteiger partial charge in [-0.1, -0.05) is 13.8 Å². The third-order valence-corrected chi connectivity index (χ3v) is 7.62. The van der Waals surface area contributed by atoms with Crippen LogP contribution in [0.25, 0.3) is 22.6 Å². The molecular weight excluding hydrogens is 508 g/mol. The molecule has 2 aromatic heterocycles. The number of nitrogens with one attached hydrogen (secondary N) is 1. The monoisotopic (exact) mass is 543 g/mol. The Balaban J connectivity index is 1.21. The van der Waals surface area contributed by atoms with Crippen molar-refractivity contribution in [1.29, 1.82) is 0 Å². The second kappa shape index (κ2) is 12.4. The van der Waals surface area contributed by atoms with Gasteiger partial charge in [-0.2, -0.15) is 0 Å². The normalized spacial score (nSPS) is 13.6. The number of amides is 1. The Morgan fingerprint density at radius 3 is 2.12 bits per heavy atom. The summed E-state index contributed by atoms with van der Waals surface area (Å²) in [5.74, 6) is 1.12. The van der Waals surface area contributed by atoms with E-state index in [4.69, 9.17) is 4.98 Å². The van der Waals surface area contributed by atoms with Gasteiger partial charge in [-0.25, -0.2) is 18.7 Å². The van der Waals surface area contributed by atoms with Crippen molar-refractivity contribution in [1.82, 2.24) is 19.9 Å². The summed E-state index contributed by atoms with van der Waals surface area (Å²) in [6, 6.07) is 14.5. The van der Waals surface area contributed by atoms with Crippen LogP contribution in [0.5, 0.6) is 0 Å². The zero-order chi connectivity index (χ0) is 28.1. The molecule has 5 rings (SSSR count). The Bertz CT molecular complexity index is 1440. The van der Waals surface area contributed by atoms with Gasteiger partial charge in [0.25, 0.3) is 0 Å². The van der Waals surface area contributed by atoms with Gasteiger partial charge in [0.2, 0.25) is 5.91 Å². The number of pyridine rings is 1. The maximum absolute atomic E-state index is 13.6. The average Bonchev–Trinajstić information content (AvgIpc) is 3.41.